The maximum Gasteiger partial charge on any atom is 0.0647 e. The second-order valence-electron chi connectivity index (χ2n) is 7.08. The molecule has 0 saturated heterocycles. The minimum atomic E-state index is 0.803. The van der Waals surface area contributed by atoms with Crippen molar-refractivity contribution < 1.29 is 4.74 Å². The summed E-state index contributed by atoms with van der Waals surface area (Å²) in [6.07, 6.45) is 17.4. The van der Waals surface area contributed by atoms with Gasteiger partial charge in [-0.3, -0.25) is 0 Å². The van der Waals surface area contributed by atoms with Crippen molar-refractivity contribution in [3.8, 4) is 0 Å². The maximum atomic E-state index is 5.74. The summed E-state index contributed by atoms with van der Waals surface area (Å²) in [5.41, 5.74) is 0. The lowest BCUT2D eigenvalue weighted by molar-refractivity contribution is 0.0782. The smallest absolute Gasteiger partial charge is 0.0647 e. The normalized spacial score (nSPS) is 35.5. The number of hydrogen-bond acceptors (Lipinski definition) is 1. The molecule has 0 N–H and O–H groups in total. The predicted molar refractivity (Wildman–Crippen MR) is 86.8 cm³/mol. The summed E-state index contributed by atoms with van der Waals surface area (Å²) < 4.78 is 5.74. The van der Waals surface area contributed by atoms with Gasteiger partial charge in [0.25, 0.3) is 0 Å². The van der Waals surface area contributed by atoms with Crippen LogP contribution in [0.1, 0.15) is 71.6 Å². The van der Waals surface area contributed by atoms with Gasteiger partial charge >= 0.3 is 0 Å². The first-order chi connectivity index (χ1) is 9.83. The summed E-state index contributed by atoms with van der Waals surface area (Å²) in [4.78, 5) is 0. The quantitative estimate of drug-likeness (QED) is 0.454. The lowest BCUT2D eigenvalue weighted by Gasteiger charge is -2.37. The molecular weight excluding hydrogens is 244 g/mol. The molecule has 0 aliphatic heterocycles. The minimum absolute atomic E-state index is 0.803. The predicted octanol–water partition coefficient (Wildman–Crippen LogP) is 5.60. The zero-order valence-corrected chi connectivity index (χ0v) is 13.7. The molecule has 0 radical (unpaired) electrons. The van der Waals surface area contributed by atoms with Crippen molar-refractivity contribution in [3.63, 3.8) is 0 Å². The number of rotatable bonds is 6. The van der Waals surface area contributed by atoms with Crippen LogP contribution in [-0.4, -0.2) is 13.2 Å². The molecule has 0 atom stereocenters. The fourth-order valence-corrected chi connectivity index (χ4v) is 4.29. The third kappa shape index (κ3) is 4.91. The van der Waals surface area contributed by atoms with Gasteiger partial charge in [0.1, 0.15) is 0 Å². The highest BCUT2D eigenvalue weighted by Gasteiger charge is 2.30. The van der Waals surface area contributed by atoms with Crippen molar-refractivity contribution in [1.82, 2.24) is 0 Å². The minimum Gasteiger partial charge on any atom is -0.377 e. The molecule has 2 rings (SSSR count). The highest BCUT2D eigenvalue weighted by molar-refractivity contribution is 4.82. The van der Waals surface area contributed by atoms with Gasteiger partial charge in [-0.15, -0.1) is 0 Å². The topological polar surface area (TPSA) is 9.23 Å². The Hall–Kier alpha value is -0.300. The summed E-state index contributed by atoms with van der Waals surface area (Å²) >= 11 is 0. The highest BCUT2D eigenvalue weighted by atomic mass is 16.5. The Morgan fingerprint density at radius 2 is 1.40 bits per heavy atom. The van der Waals surface area contributed by atoms with Gasteiger partial charge in [0.2, 0.25) is 0 Å². The summed E-state index contributed by atoms with van der Waals surface area (Å²) in [6.45, 7) is 6.21. The summed E-state index contributed by atoms with van der Waals surface area (Å²) in [5.74, 6) is 3.98. The number of allylic oxidation sites excluding steroid dienone is 1. The van der Waals surface area contributed by atoms with Crippen LogP contribution in [0.15, 0.2) is 12.2 Å². The molecule has 2 aliphatic rings. The van der Waals surface area contributed by atoms with E-state index < -0.39 is 0 Å². The number of ether oxygens (including phenoxy) is 1. The SMILES string of the molecule is C/C=C\COCC1CCC(C2CCC(CC)CC2)CC1. The fourth-order valence-electron chi connectivity index (χ4n) is 4.29. The molecule has 1 nitrogen and oxygen atoms in total. The maximum absolute atomic E-state index is 5.74. The van der Waals surface area contributed by atoms with E-state index in [0.29, 0.717) is 0 Å². The molecule has 2 fully saturated rings. The molecule has 0 amide bonds. The van der Waals surface area contributed by atoms with E-state index in [0.717, 1.165) is 36.9 Å². The van der Waals surface area contributed by atoms with Gasteiger partial charge in [0, 0.05) is 6.61 Å². The summed E-state index contributed by atoms with van der Waals surface area (Å²) in [6, 6.07) is 0. The van der Waals surface area contributed by atoms with Gasteiger partial charge in [-0.2, -0.15) is 0 Å². The van der Waals surface area contributed by atoms with E-state index in [-0.39, 0.29) is 0 Å². The third-order valence-electron chi connectivity index (χ3n) is 5.83. The third-order valence-corrected chi connectivity index (χ3v) is 5.83. The van der Waals surface area contributed by atoms with Crippen molar-refractivity contribution >= 4 is 0 Å². The second kappa shape index (κ2) is 8.87. The summed E-state index contributed by atoms with van der Waals surface area (Å²) in [7, 11) is 0. The lowest BCUT2D eigenvalue weighted by Crippen LogP contribution is -2.27. The van der Waals surface area contributed by atoms with Crippen LogP contribution >= 0.6 is 0 Å². The zero-order valence-electron chi connectivity index (χ0n) is 13.7. The molecule has 116 valence electrons. The highest BCUT2D eigenvalue weighted by Crippen LogP contribution is 2.41. The molecule has 0 unspecified atom stereocenters. The fraction of sp³-hybridized carbons (Fsp3) is 0.895. The first kappa shape index (κ1) is 16.1. The van der Waals surface area contributed by atoms with Crippen molar-refractivity contribution in [3.05, 3.63) is 12.2 Å². The molecule has 2 aliphatic carbocycles. The largest absolute Gasteiger partial charge is 0.377 e. The first-order valence-corrected chi connectivity index (χ1v) is 9.02. The van der Waals surface area contributed by atoms with Crippen LogP contribution in [0.2, 0.25) is 0 Å². The molecule has 0 aromatic heterocycles. The molecule has 0 aromatic carbocycles. The van der Waals surface area contributed by atoms with E-state index in [2.05, 4.69) is 26.0 Å². The van der Waals surface area contributed by atoms with Gasteiger partial charge in [-0.05, 0) is 69.1 Å². The van der Waals surface area contributed by atoms with E-state index in [9.17, 15) is 0 Å². The first-order valence-electron chi connectivity index (χ1n) is 9.02. The second-order valence-corrected chi connectivity index (χ2v) is 7.08. The van der Waals surface area contributed by atoms with Gasteiger partial charge in [0.05, 0.1) is 6.61 Å². The molecule has 2 saturated carbocycles. The standard InChI is InChI=1S/C19H34O/c1-3-5-14-20-15-17-8-12-19(13-9-17)18-10-6-16(4-2)7-11-18/h3,5,16-19H,4,6-15H2,1-2H3/b5-3-. The molecule has 0 bridgehead atoms. The average Bonchev–Trinajstić information content (AvgIpc) is 2.52. The molecule has 0 heterocycles. The van der Waals surface area contributed by atoms with Crippen molar-refractivity contribution in [2.75, 3.05) is 13.2 Å². The van der Waals surface area contributed by atoms with Crippen molar-refractivity contribution in [2.45, 2.75) is 71.6 Å². The Morgan fingerprint density at radius 1 is 0.850 bits per heavy atom. The van der Waals surface area contributed by atoms with Gasteiger partial charge in [-0.1, -0.05) is 38.3 Å². The van der Waals surface area contributed by atoms with Crippen LogP contribution in [-0.2, 0) is 4.74 Å². The molecule has 0 spiro atoms. The molecule has 20 heavy (non-hydrogen) atoms. The number of hydrogen-bond donors (Lipinski definition) is 0. The van der Waals surface area contributed by atoms with Crippen LogP contribution < -0.4 is 0 Å². The Balaban J connectivity index is 1.62. The Bertz CT molecular complexity index is 267. The van der Waals surface area contributed by atoms with E-state index >= 15 is 0 Å². The van der Waals surface area contributed by atoms with Gasteiger partial charge in [-0.25, -0.2) is 0 Å². The molecule has 1 heteroatoms. The van der Waals surface area contributed by atoms with E-state index in [1.807, 2.05) is 0 Å². The van der Waals surface area contributed by atoms with Crippen LogP contribution in [0.5, 0.6) is 0 Å². The lowest BCUT2D eigenvalue weighted by atomic mass is 9.69. The van der Waals surface area contributed by atoms with Crippen LogP contribution in [0.4, 0.5) is 0 Å². The Kier molecular flexibility index (Phi) is 7.13. The van der Waals surface area contributed by atoms with Gasteiger partial charge in [0.15, 0.2) is 0 Å². The van der Waals surface area contributed by atoms with Crippen molar-refractivity contribution in [1.29, 1.82) is 0 Å². The van der Waals surface area contributed by atoms with E-state index in [4.69, 9.17) is 4.74 Å². The van der Waals surface area contributed by atoms with Crippen LogP contribution in [0.25, 0.3) is 0 Å². The van der Waals surface area contributed by atoms with E-state index in [1.165, 1.54) is 57.8 Å². The average molecular weight is 278 g/mol. The molecular formula is C19H34O. The Morgan fingerprint density at radius 3 is 1.90 bits per heavy atom. The monoisotopic (exact) mass is 278 g/mol. The van der Waals surface area contributed by atoms with Gasteiger partial charge < -0.3 is 4.74 Å². The van der Waals surface area contributed by atoms with Crippen LogP contribution in [0, 0.1) is 23.7 Å². The zero-order chi connectivity index (χ0) is 14.2. The van der Waals surface area contributed by atoms with Crippen LogP contribution in [0.3, 0.4) is 0 Å². The van der Waals surface area contributed by atoms with E-state index in [1.54, 1.807) is 0 Å². The summed E-state index contributed by atoms with van der Waals surface area (Å²) in [5, 5.41) is 0. The molecule has 0 aromatic rings. The van der Waals surface area contributed by atoms with Crippen molar-refractivity contribution in [2.24, 2.45) is 23.7 Å². The Labute approximate surface area is 126 Å².